The van der Waals surface area contributed by atoms with Crippen LogP contribution in [0.5, 0.6) is 5.75 Å². The summed E-state index contributed by atoms with van der Waals surface area (Å²) < 4.78 is 6.47. The van der Waals surface area contributed by atoms with Crippen molar-refractivity contribution >= 4 is 29.2 Å². The van der Waals surface area contributed by atoms with E-state index in [1.807, 2.05) is 15.9 Å². The van der Waals surface area contributed by atoms with Crippen LogP contribution in [0.2, 0.25) is 0 Å². The van der Waals surface area contributed by atoms with E-state index in [0.29, 0.717) is 86.9 Å². The number of aromatic hydroxyl groups is 1. The maximum atomic E-state index is 13.6. The molecule has 7 N–H and O–H groups in total. The van der Waals surface area contributed by atoms with Crippen LogP contribution in [0, 0.1) is 5.92 Å². The number of amides is 2. The molecule has 56 heavy (non-hydrogen) atoms. The van der Waals surface area contributed by atoms with Crippen molar-refractivity contribution in [3.05, 3.63) is 80.5 Å². The van der Waals surface area contributed by atoms with Gasteiger partial charge in [-0.2, -0.15) is 0 Å². The average Bonchev–Trinajstić information content (AvgIpc) is 3.57. The Morgan fingerprint density at radius 2 is 1.71 bits per heavy atom. The summed E-state index contributed by atoms with van der Waals surface area (Å²) in [5, 5.41) is 25.3. The summed E-state index contributed by atoms with van der Waals surface area (Å²) in [6, 6.07) is 7.27. The molecule has 298 valence electrons. The highest BCUT2D eigenvalue weighted by atomic mass is 16.5. The summed E-state index contributed by atoms with van der Waals surface area (Å²) >= 11 is 0. The second kappa shape index (κ2) is 16.8. The largest absolute Gasteiger partial charge is 0.508 e. The van der Waals surface area contributed by atoms with Crippen LogP contribution in [0.1, 0.15) is 80.2 Å². The molecule has 7 rings (SSSR count). The summed E-state index contributed by atoms with van der Waals surface area (Å²) in [6.07, 6.45) is 9.06. The number of nitrogens with one attached hydrogen (secondary N) is 1. The molecule has 3 aliphatic heterocycles. The number of allylic oxidation sites excluding steroid dienone is 2. The second-order valence-corrected chi connectivity index (χ2v) is 15.4. The van der Waals surface area contributed by atoms with Crippen molar-refractivity contribution in [1.82, 2.24) is 29.6 Å². The lowest BCUT2D eigenvalue weighted by Gasteiger charge is -2.39. The van der Waals surface area contributed by atoms with Gasteiger partial charge in [0.25, 0.3) is 17.9 Å². The van der Waals surface area contributed by atoms with Crippen molar-refractivity contribution in [3.8, 4) is 17.1 Å². The Bertz CT molecular complexity index is 2110. The van der Waals surface area contributed by atoms with Crippen LogP contribution >= 0.6 is 0 Å². The first-order valence-electron chi connectivity index (χ1n) is 19.7. The molecule has 15 heteroatoms. The number of nitrogens with zero attached hydrogens (tertiary/aromatic N) is 5. The number of phenols is 1. The minimum atomic E-state index is -0.955. The van der Waals surface area contributed by atoms with Gasteiger partial charge in [-0.3, -0.25) is 24.1 Å². The van der Waals surface area contributed by atoms with Gasteiger partial charge in [0, 0.05) is 74.3 Å². The molecule has 4 aliphatic rings. The standard InChI is InChI=1S/C41H52N8O7/c1-25(51)29-20-35-38-27(21-49(35)41(55)32(29)23-56-24-50)19-30-31(36(52)9-8-34(30)45-38)22-46-15-17-48(18-16-46)40(54)26-11-13-47(14-12-26)37(43)10-7-33(42)39(53)44-28-5-3-2-4-6-28/h7-10,19-20,24-26,28,51-52H,2-6,11-18,21-23,42-43H2,1H3,(H,44,53)/b33-7-,37-10+. The SMILES string of the molecule is CC(O)c1cc2n(c(=O)c1COC=O)Cc1cc3c(CN4CCN(C(=O)C5CCN(/C(N)=C/C=C(\N)C(=O)NC6CCCCC6)CC5)CC4)c(O)ccc3nc1-2. The molecule has 1 unspecified atom stereocenters. The first-order valence-corrected chi connectivity index (χ1v) is 19.7. The molecule has 1 aliphatic carbocycles. The zero-order valence-corrected chi connectivity index (χ0v) is 31.9. The number of carbonyl (C=O) groups excluding carboxylic acids is 3. The van der Waals surface area contributed by atoms with Gasteiger partial charge in [0.05, 0.1) is 46.6 Å². The van der Waals surface area contributed by atoms with E-state index in [-0.39, 0.29) is 66.0 Å². The van der Waals surface area contributed by atoms with Crippen molar-refractivity contribution in [3.63, 3.8) is 0 Å². The monoisotopic (exact) mass is 768 g/mol. The van der Waals surface area contributed by atoms with E-state index in [9.17, 15) is 29.4 Å². The van der Waals surface area contributed by atoms with E-state index < -0.39 is 6.10 Å². The molecule has 1 saturated carbocycles. The van der Waals surface area contributed by atoms with Gasteiger partial charge in [-0.15, -0.1) is 0 Å². The van der Waals surface area contributed by atoms with E-state index in [4.69, 9.17) is 21.2 Å². The topological polar surface area (TPSA) is 210 Å². The molecule has 3 aromatic rings. The third-order valence-corrected chi connectivity index (χ3v) is 11.8. The minimum Gasteiger partial charge on any atom is -0.508 e. The van der Waals surface area contributed by atoms with Crippen LogP contribution in [-0.2, 0) is 38.8 Å². The Hall–Kier alpha value is -5.41. The van der Waals surface area contributed by atoms with E-state index in [2.05, 4.69) is 10.2 Å². The Morgan fingerprint density at radius 1 is 0.982 bits per heavy atom. The van der Waals surface area contributed by atoms with Crippen molar-refractivity contribution < 1.29 is 29.3 Å². The van der Waals surface area contributed by atoms with E-state index in [1.54, 1.807) is 41.8 Å². The molecule has 0 spiro atoms. The predicted octanol–water partition coefficient (Wildman–Crippen LogP) is 2.30. The molecule has 3 fully saturated rings. The number of aromatic nitrogens is 2. The number of piperazine rings is 1. The van der Waals surface area contributed by atoms with Crippen LogP contribution in [0.4, 0.5) is 0 Å². The highest BCUT2D eigenvalue weighted by Crippen LogP contribution is 2.37. The van der Waals surface area contributed by atoms with Crippen molar-refractivity contribution in [2.45, 2.75) is 83.7 Å². The van der Waals surface area contributed by atoms with E-state index in [1.165, 1.54) is 6.42 Å². The lowest BCUT2D eigenvalue weighted by Crippen LogP contribution is -2.51. The van der Waals surface area contributed by atoms with Crippen molar-refractivity contribution in [2.24, 2.45) is 17.4 Å². The Labute approximate surface area is 325 Å². The van der Waals surface area contributed by atoms with Gasteiger partial charge in [0.15, 0.2) is 0 Å². The molecular weight excluding hydrogens is 716 g/mol. The van der Waals surface area contributed by atoms with Crippen LogP contribution in [0.25, 0.3) is 22.3 Å². The number of benzene rings is 1. The predicted molar refractivity (Wildman–Crippen MR) is 209 cm³/mol. The quantitative estimate of drug-likeness (QED) is 0.0846. The third kappa shape index (κ3) is 8.10. The van der Waals surface area contributed by atoms with E-state index >= 15 is 0 Å². The molecule has 0 radical (unpaired) electrons. The number of phenolic OH excluding ortho intramolecular Hbond substituents is 1. The summed E-state index contributed by atoms with van der Waals surface area (Å²) in [4.78, 5) is 61.6. The number of hydrogen-bond acceptors (Lipinski definition) is 12. The molecule has 2 aromatic heterocycles. The fourth-order valence-corrected chi connectivity index (χ4v) is 8.57. The van der Waals surface area contributed by atoms with Crippen molar-refractivity contribution in [1.29, 1.82) is 0 Å². The number of carbonyl (C=O) groups is 3. The van der Waals surface area contributed by atoms with Gasteiger partial charge in [-0.05, 0) is 74.6 Å². The molecule has 0 bridgehead atoms. The number of aliphatic hydroxyl groups is 1. The highest BCUT2D eigenvalue weighted by Gasteiger charge is 2.32. The molecular formula is C41H52N8O7. The number of piperidine rings is 1. The second-order valence-electron chi connectivity index (χ2n) is 15.4. The summed E-state index contributed by atoms with van der Waals surface area (Å²) in [6.45, 7) is 6.02. The van der Waals surface area contributed by atoms with Gasteiger partial charge in [-0.1, -0.05) is 19.3 Å². The number of likely N-dealkylation sites (tertiary alicyclic amines) is 1. The van der Waals surface area contributed by atoms with Crippen LogP contribution in [0.3, 0.4) is 0 Å². The number of rotatable bonds is 11. The van der Waals surface area contributed by atoms with Crippen LogP contribution < -0.4 is 22.3 Å². The first kappa shape index (κ1) is 38.8. The van der Waals surface area contributed by atoms with Gasteiger partial charge < -0.3 is 46.1 Å². The van der Waals surface area contributed by atoms with Gasteiger partial charge in [0.1, 0.15) is 12.4 Å². The van der Waals surface area contributed by atoms with Crippen LogP contribution in [0.15, 0.2) is 52.7 Å². The summed E-state index contributed by atoms with van der Waals surface area (Å²) in [5.74, 6) is 0.463. The summed E-state index contributed by atoms with van der Waals surface area (Å²) in [7, 11) is 0. The summed E-state index contributed by atoms with van der Waals surface area (Å²) in [5.41, 5.74) is 16.2. The maximum Gasteiger partial charge on any atom is 0.293 e. The molecule has 1 aromatic carbocycles. The number of pyridine rings is 2. The lowest BCUT2D eigenvalue weighted by atomic mass is 9.95. The minimum absolute atomic E-state index is 0.0929. The number of fused-ring (bicyclic) bond motifs is 4. The van der Waals surface area contributed by atoms with Gasteiger partial charge in [-0.25, -0.2) is 4.98 Å². The number of ether oxygens (including phenoxy) is 1. The van der Waals surface area contributed by atoms with Crippen molar-refractivity contribution in [2.75, 3.05) is 39.3 Å². The first-order chi connectivity index (χ1) is 27.0. The Kier molecular flexibility index (Phi) is 11.6. The normalized spacial score (nSPS) is 19.1. The zero-order chi connectivity index (χ0) is 39.5. The van der Waals surface area contributed by atoms with Crippen LogP contribution in [-0.4, -0.2) is 98.1 Å². The Balaban J connectivity index is 0.948. The highest BCUT2D eigenvalue weighted by molar-refractivity contribution is 5.93. The zero-order valence-electron chi connectivity index (χ0n) is 31.9. The smallest absolute Gasteiger partial charge is 0.293 e. The Morgan fingerprint density at radius 3 is 2.41 bits per heavy atom. The van der Waals surface area contributed by atoms with Gasteiger partial charge >= 0.3 is 0 Å². The fraction of sp³-hybridized carbons (Fsp3) is 0.488. The number of aliphatic hydroxyl groups excluding tert-OH is 1. The molecule has 5 heterocycles. The van der Waals surface area contributed by atoms with E-state index in [0.717, 1.165) is 42.2 Å². The third-order valence-electron chi connectivity index (χ3n) is 11.8. The fourth-order valence-electron chi connectivity index (χ4n) is 8.57. The number of hydrogen-bond donors (Lipinski definition) is 5. The molecule has 2 amide bonds. The maximum absolute atomic E-state index is 13.6. The average molecular weight is 769 g/mol. The molecule has 15 nitrogen and oxygen atoms in total. The molecule has 2 saturated heterocycles. The molecule has 1 atom stereocenters. The number of nitrogens with two attached hydrogens (primary N) is 2. The van der Waals surface area contributed by atoms with Gasteiger partial charge in [0.2, 0.25) is 5.91 Å². The lowest BCUT2D eigenvalue weighted by molar-refractivity contribution is -0.138.